The number of hydrogen-bond donors (Lipinski definition) is 1. The number of nitrogens with one attached hydrogen (secondary N) is 1. The zero-order valence-electron chi connectivity index (χ0n) is 9.22. The summed E-state index contributed by atoms with van der Waals surface area (Å²) < 4.78 is 1.23. The standard InChI is InChI=1S/C13H18BrN/c1-10-6-7-11(9-12(10)14)13-5-3-2-4-8-15-13/h6-7,9,13,15H,2-5,8H2,1H3. The highest BCUT2D eigenvalue weighted by molar-refractivity contribution is 9.10. The van der Waals surface area contributed by atoms with Crippen LogP contribution in [0.1, 0.15) is 42.9 Å². The van der Waals surface area contributed by atoms with Gasteiger partial charge in [0.25, 0.3) is 0 Å². The van der Waals surface area contributed by atoms with Crippen molar-refractivity contribution in [3.8, 4) is 0 Å². The van der Waals surface area contributed by atoms with Crippen LogP contribution < -0.4 is 5.32 Å². The normalized spacial score (nSPS) is 22.4. The van der Waals surface area contributed by atoms with Gasteiger partial charge in [-0.3, -0.25) is 0 Å². The molecule has 1 atom stereocenters. The highest BCUT2D eigenvalue weighted by atomic mass is 79.9. The lowest BCUT2D eigenvalue weighted by Gasteiger charge is -2.17. The third-order valence-electron chi connectivity index (χ3n) is 3.16. The molecule has 0 amide bonds. The van der Waals surface area contributed by atoms with E-state index in [9.17, 15) is 0 Å². The Morgan fingerprint density at radius 3 is 2.93 bits per heavy atom. The molecule has 1 nitrogen and oxygen atoms in total. The molecule has 1 fully saturated rings. The summed E-state index contributed by atoms with van der Waals surface area (Å²) in [4.78, 5) is 0. The third kappa shape index (κ3) is 2.82. The van der Waals surface area contributed by atoms with Crippen molar-refractivity contribution in [1.82, 2.24) is 5.32 Å². The van der Waals surface area contributed by atoms with E-state index in [1.54, 1.807) is 0 Å². The zero-order chi connectivity index (χ0) is 10.7. The molecule has 1 unspecified atom stereocenters. The van der Waals surface area contributed by atoms with Gasteiger partial charge in [0.2, 0.25) is 0 Å². The highest BCUT2D eigenvalue weighted by Crippen LogP contribution is 2.26. The molecule has 0 spiro atoms. The molecule has 2 heteroatoms. The van der Waals surface area contributed by atoms with Gasteiger partial charge in [-0.15, -0.1) is 0 Å². The lowest BCUT2D eigenvalue weighted by molar-refractivity contribution is 0.534. The van der Waals surface area contributed by atoms with Gasteiger partial charge < -0.3 is 5.32 Å². The number of hydrogen-bond acceptors (Lipinski definition) is 1. The van der Waals surface area contributed by atoms with E-state index in [-0.39, 0.29) is 0 Å². The van der Waals surface area contributed by atoms with Gasteiger partial charge in [0, 0.05) is 10.5 Å². The summed E-state index contributed by atoms with van der Waals surface area (Å²) in [6.07, 6.45) is 5.32. The Kier molecular flexibility index (Phi) is 3.81. The monoisotopic (exact) mass is 267 g/mol. The molecule has 15 heavy (non-hydrogen) atoms. The van der Waals surface area contributed by atoms with E-state index < -0.39 is 0 Å². The first-order valence-corrected chi connectivity index (χ1v) is 6.56. The van der Waals surface area contributed by atoms with Gasteiger partial charge in [-0.1, -0.05) is 40.9 Å². The van der Waals surface area contributed by atoms with Crippen LogP contribution in [0.15, 0.2) is 22.7 Å². The molecular formula is C13H18BrN. The first-order chi connectivity index (χ1) is 7.27. The fourth-order valence-corrected chi connectivity index (χ4v) is 2.54. The van der Waals surface area contributed by atoms with E-state index in [0.29, 0.717) is 6.04 Å². The third-order valence-corrected chi connectivity index (χ3v) is 4.01. The molecule has 0 aliphatic carbocycles. The van der Waals surface area contributed by atoms with E-state index in [2.05, 4.69) is 46.4 Å². The lowest BCUT2D eigenvalue weighted by atomic mass is 10.0. The second-order valence-corrected chi connectivity index (χ2v) is 5.22. The summed E-state index contributed by atoms with van der Waals surface area (Å²) in [5.74, 6) is 0. The predicted molar refractivity (Wildman–Crippen MR) is 68.1 cm³/mol. The Balaban J connectivity index is 2.16. The number of halogens is 1. The van der Waals surface area contributed by atoms with Crippen molar-refractivity contribution < 1.29 is 0 Å². The van der Waals surface area contributed by atoms with Gasteiger partial charge in [-0.25, -0.2) is 0 Å². The van der Waals surface area contributed by atoms with Gasteiger partial charge in [-0.2, -0.15) is 0 Å². The maximum Gasteiger partial charge on any atom is 0.0320 e. The minimum absolute atomic E-state index is 0.560. The van der Waals surface area contributed by atoms with E-state index >= 15 is 0 Å². The van der Waals surface area contributed by atoms with Crippen LogP contribution in [0, 0.1) is 6.92 Å². The molecule has 1 N–H and O–H groups in total. The summed E-state index contributed by atoms with van der Waals surface area (Å²) in [6, 6.07) is 7.28. The van der Waals surface area contributed by atoms with Crippen LogP contribution in [0.4, 0.5) is 0 Å². The maximum atomic E-state index is 3.62. The summed E-state index contributed by atoms with van der Waals surface area (Å²) in [5.41, 5.74) is 2.74. The minimum Gasteiger partial charge on any atom is -0.310 e. The lowest BCUT2D eigenvalue weighted by Crippen LogP contribution is -2.20. The van der Waals surface area contributed by atoms with Crippen molar-refractivity contribution >= 4 is 15.9 Å². The van der Waals surface area contributed by atoms with Crippen LogP contribution in [0.2, 0.25) is 0 Å². The average Bonchev–Trinajstić information content (AvgIpc) is 2.50. The van der Waals surface area contributed by atoms with E-state index in [1.165, 1.54) is 41.3 Å². The van der Waals surface area contributed by atoms with Gasteiger partial charge >= 0.3 is 0 Å². The summed E-state index contributed by atoms with van der Waals surface area (Å²) in [5, 5.41) is 3.62. The van der Waals surface area contributed by atoms with Crippen molar-refractivity contribution in [2.45, 2.75) is 38.6 Å². The number of benzene rings is 1. The second kappa shape index (κ2) is 5.13. The molecule has 0 bridgehead atoms. The van der Waals surface area contributed by atoms with Crippen LogP contribution in [-0.4, -0.2) is 6.54 Å². The van der Waals surface area contributed by atoms with Crippen LogP contribution >= 0.6 is 15.9 Å². The Labute approximate surface area is 100 Å². The summed E-state index contributed by atoms with van der Waals surface area (Å²) in [7, 11) is 0. The highest BCUT2D eigenvalue weighted by Gasteiger charge is 2.13. The van der Waals surface area contributed by atoms with Gasteiger partial charge in [0.15, 0.2) is 0 Å². The van der Waals surface area contributed by atoms with Crippen molar-refractivity contribution in [3.63, 3.8) is 0 Å². The topological polar surface area (TPSA) is 12.0 Å². The molecule has 1 aromatic rings. The van der Waals surface area contributed by atoms with Crippen molar-refractivity contribution in [2.24, 2.45) is 0 Å². The van der Waals surface area contributed by atoms with E-state index in [0.717, 1.165) is 6.54 Å². The van der Waals surface area contributed by atoms with Gasteiger partial charge in [-0.05, 0) is 43.5 Å². The van der Waals surface area contributed by atoms with Crippen molar-refractivity contribution in [2.75, 3.05) is 6.54 Å². The molecular weight excluding hydrogens is 250 g/mol. The second-order valence-electron chi connectivity index (χ2n) is 4.36. The fourth-order valence-electron chi connectivity index (χ4n) is 2.14. The maximum absolute atomic E-state index is 3.62. The van der Waals surface area contributed by atoms with Crippen molar-refractivity contribution in [3.05, 3.63) is 33.8 Å². The Hall–Kier alpha value is -0.340. The predicted octanol–water partition coefficient (Wildman–Crippen LogP) is 3.96. The molecule has 1 aliphatic heterocycles. The summed E-state index contributed by atoms with van der Waals surface area (Å²) >= 11 is 3.60. The van der Waals surface area contributed by atoms with Gasteiger partial charge in [0.1, 0.15) is 0 Å². The molecule has 82 valence electrons. The smallest absolute Gasteiger partial charge is 0.0320 e. The molecule has 1 heterocycles. The Bertz CT molecular complexity index is 327. The van der Waals surface area contributed by atoms with Crippen LogP contribution in [0.5, 0.6) is 0 Å². The Morgan fingerprint density at radius 2 is 2.13 bits per heavy atom. The first kappa shape index (κ1) is 11.2. The number of aryl methyl sites for hydroxylation is 1. The molecule has 1 aliphatic rings. The first-order valence-electron chi connectivity index (χ1n) is 5.77. The summed E-state index contributed by atoms with van der Waals surface area (Å²) in [6.45, 7) is 3.30. The zero-order valence-corrected chi connectivity index (χ0v) is 10.8. The van der Waals surface area contributed by atoms with Crippen LogP contribution in [0.25, 0.3) is 0 Å². The van der Waals surface area contributed by atoms with E-state index in [4.69, 9.17) is 0 Å². The van der Waals surface area contributed by atoms with Crippen LogP contribution in [0.3, 0.4) is 0 Å². The quantitative estimate of drug-likeness (QED) is 0.812. The van der Waals surface area contributed by atoms with Crippen molar-refractivity contribution in [1.29, 1.82) is 0 Å². The SMILES string of the molecule is Cc1ccc(C2CCCCCN2)cc1Br. The molecule has 0 aromatic heterocycles. The largest absolute Gasteiger partial charge is 0.310 e. The molecule has 1 aromatic carbocycles. The average molecular weight is 268 g/mol. The van der Waals surface area contributed by atoms with Crippen LogP contribution in [-0.2, 0) is 0 Å². The fraction of sp³-hybridized carbons (Fsp3) is 0.538. The molecule has 2 rings (SSSR count). The molecule has 0 saturated carbocycles. The van der Waals surface area contributed by atoms with Gasteiger partial charge in [0.05, 0.1) is 0 Å². The molecule has 1 saturated heterocycles. The molecule has 0 radical (unpaired) electrons. The minimum atomic E-state index is 0.560. The Morgan fingerprint density at radius 1 is 1.27 bits per heavy atom. The van der Waals surface area contributed by atoms with E-state index in [1.807, 2.05) is 0 Å². The number of rotatable bonds is 1.